The Hall–Kier alpha value is -1.70. The van der Waals surface area contributed by atoms with Crippen molar-refractivity contribution in [3.8, 4) is 0 Å². The standard InChI is InChI=1S/C22H31F3N4/c1-3-29(4-2)14-13-28-21(16-7-10-26-11-8-16)19-9-12-27-20-15-17(22(23,24)25)5-6-18(19)20/h5-6,9,12,15-16,21,26,28H,3-4,7-8,10-11,13-14H2,1-2H3. The Balaban J connectivity index is 1.90. The van der Waals surface area contributed by atoms with Gasteiger partial charge in [0, 0.05) is 30.7 Å². The molecule has 160 valence electrons. The molecule has 1 aliphatic rings. The lowest BCUT2D eigenvalue weighted by Crippen LogP contribution is -2.39. The van der Waals surface area contributed by atoms with Crippen LogP contribution in [0.3, 0.4) is 0 Å². The maximum absolute atomic E-state index is 13.1. The van der Waals surface area contributed by atoms with Gasteiger partial charge in [0.15, 0.2) is 0 Å². The number of nitrogens with zero attached hydrogens (tertiary/aromatic N) is 2. The van der Waals surface area contributed by atoms with Crippen molar-refractivity contribution in [2.24, 2.45) is 5.92 Å². The number of nitrogens with one attached hydrogen (secondary N) is 2. The molecule has 1 atom stereocenters. The van der Waals surface area contributed by atoms with E-state index in [1.54, 1.807) is 12.3 Å². The van der Waals surface area contributed by atoms with Gasteiger partial charge in [-0.1, -0.05) is 19.9 Å². The number of hydrogen-bond donors (Lipinski definition) is 2. The molecule has 0 radical (unpaired) electrons. The van der Waals surface area contributed by atoms with E-state index >= 15 is 0 Å². The normalized spacial score (nSPS) is 17.2. The number of pyridine rings is 1. The van der Waals surface area contributed by atoms with E-state index in [0.29, 0.717) is 11.4 Å². The van der Waals surface area contributed by atoms with Crippen molar-refractivity contribution in [3.63, 3.8) is 0 Å². The van der Waals surface area contributed by atoms with E-state index in [4.69, 9.17) is 0 Å². The Morgan fingerprint density at radius 3 is 2.55 bits per heavy atom. The van der Waals surface area contributed by atoms with Crippen LogP contribution in [0, 0.1) is 5.92 Å². The van der Waals surface area contributed by atoms with Crippen LogP contribution >= 0.6 is 0 Å². The zero-order valence-corrected chi connectivity index (χ0v) is 17.2. The molecule has 2 aromatic rings. The number of hydrogen-bond acceptors (Lipinski definition) is 4. The van der Waals surface area contributed by atoms with Crippen LogP contribution < -0.4 is 10.6 Å². The zero-order chi connectivity index (χ0) is 20.9. The molecule has 1 aliphatic heterocycles. The third-order valence-corrected chi connectivity index (χ3v) is 5.98. The first kappa shape index (κ1) is 22.0. The first-order valence-corrected chi connectivity index (χ1v) is 10.6. The first-order valence-electron chi connectivity index (χ1n) is 10.6. The molecule has 3 rings (SSSR count). The average Bonchev–Trinajstić information content (AvgIpc) is 2.73. The van der Waals surface area contributed by atoms with Crippen molar-refractivity contribution in [1.82, 2.24) is 20.5 Å². The number of piperidine rings is 1. The maximum Gasteiger partial charge on any atom is 0.416 e. The highest BCUT2D eigenvalue weighted by Gasteiger charge is 2.31. The van der Waals surface area contributed by atoms with E-state index in [-0.39, 0.29) is 6.04 Å². The number of rotatable bonds is 8. The van der Waals surface area contributed by atoms with E-state index in [2.05, 4.69) is 34.4 Å². The highest BCUT2D eigenvalue weighted by atomic mass is 19.4. The van der Waals surface area contributed by atoms with E-state index in [1.807, 2.05) is 6.07 Å². The van der Waals surface area contributed by atoms with Gasteiger partial charge in [0.1, 0.15) is 0 Å². The van der Waals surface area contributed by atoms with Gasteiger partial charge in [-0.05, 0) is 68.7 Å². The van der Waals surface area contributed by atoms with Crippen molar-refractivity contribution in [2.45, 2.75) is 38.9 Å². The van der Waals surface area contributed by atoms with E-state index in [9.17, 15) is 13.2 Å². The summed E-state index contributed by atoms with van der Waals surface area (Å²) < 4.78 is 39.4. The maximum atomic E-state index is 13.1. The van der Waals surface area contributed by atoms with E-state index in [1.165, 1.54) is 6.07 Å². The smallest absolute Gasteiger partial charge is 0.317 e. The molecular formula is C22H31F3N4. The summed E-state index contributed by atoms with van der Waals surface area (Å²) in [6.07, 6.45) is -0.624. The van der Waals surface area contributed by atoms with Crippen LogP contribution in [0.4, 0.5) is 13.2 Å². The molecule has 0 spiro atoms. The summed E-state index contributed by atoms with van der Waals surface area (Å²) >= 11 is 0. The van der Waals surface area contributed by atoms with E-state index < -0.39 is 11.7 Å². The van der Waals surface area contributed by atoms with Crippen molar-refractivity contribution >= 4 is 10.9 Å². The van der Waals surface area contributed by atoms with Crippen LogP contribution in [-0.2, 0) is 6.18 Å². The van der Waals surface area contributed by atoms with Gasteiger partial charge in [0.05, 0.1) is 11.1 Å². The zero-order valence-electron chi connectivity index (χ0n) is 17.2. The van der Waals surface area contributed by atoms with Crippen LogP contribution in [0.2, 0.25) is 0 Å². The minimum absolute atomic E-state index is 0.106. The average molecular weight is 409 g/mol. The molecule has 0 bridgehead atoms. The lowest BCUT2D eigenvalue weighted by atomic mass is 9.84. The summed E-state index contributed by atoms with van der Waals surface area (Å²) in [6, 6.07) is 5.99. The molecule has 1 unspecified atom stereocenters. The van der Waals surface area contributed by atoms with Gasteiger partial charge < -0.3 is 15.5 Å². The van der Waals surface area contributed by atoms with Gasteiger partial charge in [-0.25, -0.2) is 0 Å². The Kier molecular flexibility index (Phi) is 7.49. The van der Waals surface area contributed by atoms with Gasteiger partial charge in [0.25, 0.3) is 0 Å². The lowest BCUT2D eigenvalue weighted by molar-refractivity contribution is -0.137. The first-order chi connectivity index (χ1) is 13.9. The molecule has 1 aromatic heterocycles. The molecule has 0 amide bonds. The number of aromatic nitrogens is 1. The second-order valence-corrected chi connectivity index (χ2v) is 7.68. The minimum Gasteiger partial charge on any atom is -0.317 e. The number of benzene rings is 1. The molecule has 1 fully saturated rings. The lowest BCUT2D eigenvalue weighted by Gasteiger charge is -2.33. The van der Waals surface area contributed by atoms with Gasteiger partial charge >= 0.3 is 6.18 Å². The van der Waals surface area contributed by atoms with Crippen molar-refractivity contribution in [3.05, 3.63) is 41.6 Å². The third-order valence-electron chi connectivity index (χ3n) is 5.98. The predicted molar refractivity (Wildman–Crippen MR) is 111 cm³/mol. The second kappa shape index (κ2) is 9.87. The van der Waals surface area contributed by atoms with Crippen LogP contribution in [-0.4, -0.2) is 49.2 Å². The summed E-state index contributed by atoms with van der Waals surface area (Å²) in [5.74, 6) is 0.445. The van der Waals surface area contributed by atoms with Crippen molar-refractivity contribution in [2.75, 3.05) is 39.3 Å². The fourth-order valence-corrected chi connectivity index (χ4v) is 4.24. The van der Waals surface area contributed by atoms with Crippen molar-refractivity contribution < 1.29 is 13.2 Å². The Morgan fingerprint density at radius 2 is 1.90 bits per heavy atom. The largest absolute Gasteiger partial charge is 0.416 e. The van der Waals surface area contributed by atoms with Gasteiger partial charge in [-0.2, -0.15) is 13.2 Å². The molecule has 2 N–H and O–H groups in total. The number of alkyl halides is 3. The Bertz CT molecular complexity index is 783. The molecule has 1 aromatic carbocycles. The van der Waals surface area contributed by atoms with Gasteiger partial charge in [-0.3, -0.25) is 4.98 Å². The van der Waals surface area contributed by atoms with E-state index in [0.717, 1.165) is 69.1 Å². The van der Waals surface area contributed by atoms with Crippen LogP contribution in [0.15, 0.2) is 30.5 Å². The van der Waals surface area contributed by atoms with Crippen LogP contribution in [0.1, 0.15) is 43.9 Å². The molecule has 1 saturated heterocycles. The molecule has 2 heterocycles. The van der Waals surface area contributed by atoms with Crippen LogP contribution in [0.5, 0.6) is 0 Å². The fourth-order valence-electron chi connectivity index (χ4n) is 4.24. The summed E-state index contributed by atoms with van der Waals surface area (Å²) in [7, 11) is 0. The summed E-state index contributed by atoms with van der Waals surface area (Å²) in [4.78, 5) is 6.60. The molecule has 7 heteroatoms. The molecule has 0 aliphatic carbocycles. The highest BCUT2D eigenvalue weighted by molar-refractivity contribution is 5.83. The highest BCUT2D eigenvalue weighted by Crippen LogP contribution is 2.35. The summed E-state index contributed by atoms with van der Waals surface area (Å²) in [6.45, 7) is 10.1. The predicted octanol–water partition coefficient (Wildman–Crippen LogP) is 4.23. The van der Waals surface area contributed by atoms with Gasteiger partial charge in [0.2, 0.25) is 0 Å². The Labute approximate surface area is 170 Å². The molecule has 29 heavy (non-hydrogen) atoms. The monoisotopic (exact) mass is 408 g/mol. The Morgan fingerprint density at radius 1 is 1.17 bits per heavy atom. The van der Waals surface area contributed by atoms with Gasteiger partial charge in [-0.15, -0.1) is 0 Å². The molecular weight excluding hydrogens is 377 g/mol. The van der Waals surface area contributed by atoms with Crippen LogP contribution in [0.25, 0.3) is 10.9 Å². The summed E-state index contributed by atoms with van der Waals surface area (Å²) in [5, 5.41) is 7.93. The molecule has 4 nitrogen and oxygen atoms in total. The second-order valence-electron chi connectivity index (χ2n) is 7.68. The third kappa shape index (κ3) is 5.47. The summed E-state index contributed by atoms with van der Waals surface area (Å²) in [5.41, 5.74) is 0.805. The number of fused-ring (bicyclic) bond motifs is 1. The fraction of sp³-hybridized carbons (Fsp3) is 0.591. The minimum atomic E-state index is -4.36. The number of likely N-dealkylation sites (N-methyl/N-ethyl adjacent to an activating group) is 1. The SMILES string of the molecule is CCN(CC)CCNC(c1ccnc2cc(C(F)(F)F)ccc12)C1CCNCC1. The van der Waals surface area contributed by atoms with Crippen molar-refractivity contribution in [1.29, 1.82) is 0 Å². The quantitative estimate of drug-likeness (QED) is 0.686. The molecule has 0 saturated carbocycles. The number of halogens is 3. The topological polar surface area (TPSA) is 40.2 Å².